The summed E-state index contributed by atoms with van der Waals surface area (Å²) in [7, 11) is 0. The Morgan fingerprint density at radius 2 is 2.12 bits per heavy atom. The molecule has 0 saturated carbocycles. The van der Waals surface area contributed by atoms with Crippen LogP contribution in [0.4, 0.5) is 0 Å². The van der Waals surface area contributed by atoms with Gasteiger partial charge in [-0.3, -0.25) is 0 Å². The van der Waals surface area contributed by atoms with Gasteiger partial charge in [-0.25, -0.2) is 0 Å². The first-order valence-corrected chi connectivity index (χ1v) is 5.73. The summed E-state index contributed by atoms with van der Waals surface area (Å²) in [6.45, 7) is 6.20. The lowest BCUT2D eigenvalue weighted by Gasteiger charge is -2.16. The Morgan fingerprint density at radius 3 is 2.71 bits per heavy atom. The van der Waals surface area contributed by atoms with Crippen molar-refractivity contribution in [3.8, 4) is 11.8 Å². The Kier molecular flexibility index (Phi) is 4.53. The Balaban J connectivity index is 2.61. The predicted molar refractivity (Wildman–Crippen MR) is 66.6 cm³/mol. The van der Waals surface area contributed by atoms with Gasteiger partial charge in [-0.1, -0.05) is 17.7 Å². The fourth-order valence-electron chi connectivity index (χ4n) is 1.44. The normalized spacial score (nSPS) is 11.0. The minimum Gasteiger partial charge on any atom is -0.493 e. The number of aryl methyl sites for hydroxylation is 1. The molecule has 0 aliphatic rings. The smallest absolute Gasteiger partial charge is 0.124 e. The molecule has 1 N–H and O–H groups in total. The maximum absolute atomic E-state index is 9.22. The molecule has 1 aromatic carbocycles. The van der Waals surface area contributed by atoms with Crippen molar-refractivity contribution >= 4 is 0 Å². The summed E-state index contributed by atoms with van der Waals surface area (Å²) >= 11 is 0. The van der Waals surface area contributed by atoms with Gasteiger partial charge < -0.3 is 9.84 Å². The number of nitrogens with zero attached hydrogens (tertiary/aromatic N) is 1. The molecule has 17 heavy (non-hydrogen) atoms. The van der Waals surface area contributed by atoms with E-state index in [9.17, 15) is 5.11 Å². The van der Waals surface area contributed by atoms with Gasteiger partial charge in [0.05, 0.1) is 24.7 Å². The van der Waals surface area contributed by atoms with Gasteiger partial charge >= 0.3 is 0 Å². The number of nitriles is 1. The Hall–Kier alpha value is -1.53. The average Bonchev–Trinajstić information content (AvgIpc) is 2.30. The first-order chi connectivity index (χ1) is 7.98. The molecule has 0 heterocycles. The second-order valence-corrected chi connectivity index (χ2v) is 4.86. The third-order valence-corrected chi connectivity index (χ3v) is 2.67. The molecule has 0 aliphatic heterocycles. The number of hydrogen-bond acceptors (Lipinski definition) is 3. The van der Waals surface area contributed by atoms with Gasteiger partial charge in [0.1, 0.15) is 5.75 Å². The second kappa shape index (κ2) is 5.70. The van der Waals surface area contributed by atoms with Crippen molar-refractivity contribution in [3.05, 3.63) is 29.3 Å². The molecule has 3 heteroatoms. The molecule has 0 atom stereocenters. The van der Waals surface area contributed by atoms with Gasteiger partial charge in [0.25, 0.3) is 0 Å². The monoisotopic (exact) mass is 233 g/mol. The first kappa shape index (κ1) is 13.5. The van der Waals surface area contributed by atoms with Gasteiger partial charge in [0.15, 0.2) is 0 Å². The van der Waals surface area contributed by atoms with E-state index in [1.807, 2.05) is 39.0 Å². The Bertz CT molecular complexity index is 419. The van der Waals surface area contributed by atoms with Crippen LogP contribution in [0.15, 0.2) is 18.2 Å². The molecule has 0 aliphatic carbocycles. The van der Waals surface area contributed by atoms with Gasteiger partial charge in [0.2, 0.25) is 0 Å². The van der Waals surface area contributed by atoms with E-state index in [1.165, 1.54) is 0 Å². The Morgan fingerprint density at radius 1 is 1.41 bits per heavy atom. The summed E-state index contributed by atoms with van der Waals surface area (Å²) in [6, 6.07) is 7.95. The molecule has 0 bridgehead atoms. The molecule has 0 fully saturated rings. The van der Waals surface area contributed by atoms with E-state index in [0.29, 0.717) is 18.8 Å². The van der Waals surface area contributed by atoms with Crippen molar-refractivity contribution in [2.45, 2.75) is 33.8 Å². The van der Waals surface area contributed by atoms with Gasteiger partial charge in [-0.15, -0.1) is 0 Å². The molecule has 0 unspecified atom stereocenters. The standard InChI is InChI=1S/C14H19NO2/c1-11-4-5-13(12(8-11)9-16)17-7-6-14(2,3)10-15/h4-5,8,16H,6-7,9H2,1-3H3. The zero-order valence-electron chi connectivity index (χ0n) is 10.7. The lowest BCUT2D eigenvalue weighted by Crippen LogP contribution is -2.13. The van der Waals surface area contributed by atoms with Gasteiger partial charge in [-0.05, 0) is 33.3 Å². The summed E-state index contributed by atoms with van der Waals surface area (Å²) in [5.41, 5.74) is 1.52. The summed E-state index contributed by atoms with van der Waals surface area (Å²) < 4.78 is 5.61. The molecule has 1 rings (SSSR count). The highest BCUT2D eigenvalue weighted by molar-refractivity contribution is 5.36. The van der Waals surface area contributed by atoms with E-state index >= 15 is 0 Å². The van der Waals surface area contributed by atoms with Crippen LogP contribution in [0.1, 0.15) is 31.4 Å². The van der Waals surface area contributed by atoms with Gasteiger partial charge in [0, 0.05) is 5.56 Å². The van der Waals surface area contributed by atoms with E-state index in [0.717, 1.165) is 11.1 Å². The molecule has 92 valence electrons. The molecular formula is C14H19NO2. The number of aliphatic hydroxyl groups is 1. The van der Waals surface area contributed by atoms with E-state index < -0.39 is 0 Å². The van der Waals surface area contributed by atoms with Crippen LogP contribution in [-0.4, -0.2) is 11.7 Å². The van der Waals surface area contributed by atoms with Crippen LogP contribution in [0.5, 0.6) is 5.75 Å². The SMILES string of the molecule is Cc1ccc(OCCC(C)(C)C#N)c(CO)c1. The number of aliphatic hydroxyl groups excluding tert-OH is 1. The lowest BCUT2D eigenvalue weighted by atomic mass is 9.92. The largest absolute Gasteiger partial charge is 0.493 e. The van der Waals surface area contributed by atoms with Crippen molar-refractivity contribution in [2.24, 2.45) is 5.41 Å². The molecule has 0 spiro atoms. The lowest BCUT2D eigenvalue weighted by molar-refractivity contribution is 0.244. The maximum Gasteiger partial charge on any atom is 0.124 e. The second-order valence-electron chi connectivity index (χ2n) is 4.86. The molecule has 1 aromatic rings. The van der Waals surface area contributed by atoms with Crippen molar-refractivity contribution < 1.29 is 9.84 Å². The van der Waals surface area contributed by atoms with Crippen molar-refractivity contribution in [1.82, 2.24) is 0 Å². The zero-order chi connectivity index (χ0) is 12.9. The van der Waals surface area contributed by atoms with Crippen LogP contribution < -0.4 is 4.74 Å². The Labute approximate surface area is 103 Å². The fourth-order valence-corrected chi connectivity index (χ4v) is 1.44. The average molecular weight is 233 g/mol. The minimum absolute atomic E-state index is 0.0291. The summed E-state index contributed by atoms with van der Waals surface area (Å²) in [4.78, 5) is 0. The van der Waals surface area contributed by atoms with Crippen LogP contribution in [0.3, 0.4) is 0 Å². The number of ether oxygens (including phenoxy) is 1. The number of rotatable bonds is 5. The fraction of sp³-hybridized carbons (Fsp3) is 0.500. The zero-order valence-corrected chi connectivity index (χ0v) is 10.7. The topological polar surface area (TPSA) is 53.2 Å². The quantitative estimate of drug-likeness (QED) is 0.850. The van der Waals surface area contributed by atoms with Crippen molar-refractivity contribution in [1.29, 1.82) is 5.26 Å². The predicted octanol–water partition coefficient (Wildman–Crippen LogP) is 2.81. The molecule has 0 aromatic heterocycles. The summed E-state index contributed by atoms with van der Waals surface area (Å²) in [5.74, 6) is 0.701. The molecule has 0 saturated heterocycles. The van der Waals surface area contributed by atoms with E-state index in [4.69, 9.17) is 10.00 Å². The first-order valence-electron chi connectivity index (χ1n) is 5.73. The van der Waals surface area contributed by atoms with Crippen molar-refractivity contribution in [3.63, 3.8) is 0 Å². The third kappa shape index (κ3) is 4.08. The summed E-state index contributed by atoms with van der Waals surface area (Å²) in [5, 5.41) is 18.1. The van der Waals surface area contributed by atoms with E-state index in [1.54, 1.807) is 0 Å². The molecule has 0 amide bonds. The van der Waals surface area contributed by atoms with Crippen LogP contribution in [-0.2, 0) is 6.61 Å². The number of hydrogen-bond donors (Lipinski definition) is 1. The number of benzene rings is 1. The summed E-state index contributed by atoms with van der Waals surface area (Å²) in [6.07, 6.45) is 0.669. The van der Waals surface area contributed by atoms with Crippen LogP contribution in [0, 0.1) is 23.7 Å². The maximum atomic E-state index is 9.22. The highest BCUT2D eigenvalue weighted by atomic mass is 16.5. The highest BCUT2D eigenvalue weighted by Gasteiger charge is 2.16. The van der Waals surface area contributed by atoms with Crippen LogP contribution in [0.2, 0.25) is 0 Å². The molecule has 3 nitrogen and oxygen atoms in total. The van der Waals surface area contributed by atoms with E-state index in [2.05, 4.69) is 6.07 Å². The molecular weight excluding hydrogens is 214 g/mol. The van der Waals surface area contributed by atoms with Crippen molar-refractivity contribution in [2.75, 3.05) is 6.61 Å². The van der Waals surface area contributed by atoms with Gasteiger partial charge in [-0.2, -0.15) is 5.26 Å². The van der Waals surface area contributed by atoms with Crippen LogP contribution >= 0.6 is 0 Å². The third-order valence-electron chi connectivity index (χ3n) is 2.67. The van der Waals surface area contributed by atoms with Crippen LogP contribution in [0.25, 0.3) is 0 Å². The molecule has 0 radical (unpaired) electrons. The highest BCUT2D eigenvalue weighted by Crippen LogP contribution is 2.23. The van der Waals surface area contributed by atoms with E-state index in [-0.39, 0.29) is 12.0 Å². The minimum atomic E-state index is -0.371.